The highest BCUT2D eigenvalue weighted by molar-refractivity contribution is 7.99. The van der Waals surface area contributed by atoms with Crippen molar-refractivity contribution in [2.24, 2.45) is 5.92 Å². The third-order valence-corrected chi connectivity index (χ3v) is 3.68. The Morgan fingerprint density at radius 2 is 1.95 bits per heavy atom. The molecular formula is C11H17N5O2S. The minimum atomic E-state index is -0.0765. The van der Waals surface area contributed by atoms with E-state index in [0.717, 1.165) is 11.7 Å². The van der Waals surface area contributed by atoms with Crippen LogP contribution in [0.15, 0.2) is 5.16 Å². The number of thioether (sulfide) groups is 1. The number of hydrogen-bond acceptors (Lipinski definition) is 6. The Kier molecular flexibility index (Phi) is 4.52. The van der Waals surface area contributed by atoms with E-state index >= 15 is 0 Å². The van der Waals surface area contributed by atoms with Crippen LogP contribution in [0.3, 0.4) is 0 Å². The predicted octanol–water partition coefficient (Wildman–Crippen LogP) is 0.570. The molecular weight excluding hydrogens is 266 g/mol. The number of hydrogen-bond donors (Lipinski definition) is 0. The predicted molar refractivity (Wildman–Crippen MR) is 69.3 cm³/mol. The molecule has 1 fully saturated rings. The quantitative estimate of drug-likeness (QED) is 0.561. The highest BCUT2D eigenvalue weighted by atomic mass is 32.2. The van der Waals surface area contributed by atoms with Crippen LogP contribution in [0.4, 0.5) is 0 Å². The van der Waals surface area contributed by atoms with Gasteiger partial charge in [0.05, 0.1) is 0 Å². The van der Waals surface area contributed by atoms with Crippen LogP contribution < -0.4 is 0 Å². The molecule has 1 aliphatic heterocycles. The fraction of sp³-hybridized carbons (Fsp3) is 0.727. The summed E-state index contributed by atoms with van der Waals surface area (Å²) in [6.45, 7) is 5.38. The molecule has 2 rings (SSSR count). The Bertz CT molecular complexity index is 457. The summed E-state index contributed by atoms with van der Waals surface area (Å²) in [6, 6.07) is 0. The van der Waals surface area contributed by atoms with Crippen LogP contribution in [0.1, 0.15) is 26.7 Å². The zero-order chi connectivity index (χ0) is 13.8. The number of nitrogens with zero attached hydrogens (tertiary/aromatic N) is 5. The first-order valence-corrected chi connectivity index (χ1v) is 7.28. The Hall–Kier alpha value is -1.44. The van der Waals surface area contributed by atoms with Crippen molar-refractivity contribution in [3.05, 3.63) is 0 Å². The van der Waals surface area contributed by atoms with Crippen molar-refractivity contribution in [2.75, 3.05) is 12.3 Å². The van der Waals surface area contributed by atoms with E-state index in [-0.39, 0.29) is 11.8 Å². The van der Waals surface area contributed by atoms with Crippen LogP contribution >= 0.6 is 11.8 Å². The molecule has 0 spiro atoms. The first kappa shape index (κ1) is 14.0. The third kappa shape index (κ3) is 3.52. The van der Waals surface area contributed by atoms with Gasteiger partial charge in [-0.3, -0.25) is 14.5 Å². The zero-order valence-electron chi connectivity index (χ0n) is 11.1. The van der Waals surface area contributed by atoms with E-state index in [0.29, 0.717) is 31.1 Å². The number of likely N-dealkylation sites (tertiary alicyclic amines) is 1. The summed E-state index contributed by atoms with van der Waals surface area (Å²) in [7, 11) is 0. The van der Waals surface area contributed by atoms with Crippen molar-refractivity contribution in [2.45, 2.75) is 38.4 Å². The maximum absolute atomic E-state index is 11.4. The summed E-state index contributed by atoms with van der Waals surface area (Å²) < 4.78 is 1.75. The maximum Gasteiger partial charge on any atom is 0.229 e. The van der Waals surface area contributed by atoms with Crippen LogP contribution in [-0.4, -0.2) is 49.2 Å². The topological polar surface area (TPSA) is 81.0 Å². The summed E-state index contributed by atoms with van der Waals surface area (Å²) in [4.78, 5) is 24.2. The van der Waals surface area contributed by atoms with Gasteiger partial charge in [-0.2, -0.15) is 0 Å². The standard InChI is InChI=1S/C11H17N5O2S/c1-8(2)7-16-11(12-13-14-16)19-6-5-15-9(17)3-4-10(15)18/h8H,3-7H2,1-2H3. The normalized spacial score (nSPS) is 15.8. The number of aromatic nitrogens is 4. The van der Waals surface area contributed by atoms with Crippen LogP contribution in [0.5, 0.6) is 0 Å². The maximum atomic E-state index is 11.4. The number of tetrazole rings is 1. The summed E-state index contributed by atoms with van der Waals surface area (Å²) >= 11 is 1.47. The monoisotopic (exact) mass is 283 g/mol. The first-order chi connectivity index (χ1) is 9.08. The van der Waals surface area contributed by atoms with Crippen molar-refractivity contribution in [1.29, 1.82) is 0 Å². The minimum absolute atomic E-state index is 0.0765. The van der Waals surface area contributed by atoms with Gasteiger partial charge < -0.3 is 0 Å². The van der Waals surface area contributed by atoms with Gasteiger partial charge in [0, 0.05) is 31.7 Å². The van der Waals surface area contributed by atoms with Gasteiger partial charge in [-0.05, 0) is 16.3 Å². The molecule has 0 radical (unpaired) electrons. The summed E-state index contributed by atoms with van der Waals surface area (Å²) in [5.41, 5.74) is 0. The van der Waals surface area contributed by atoms with E-state index in [1.54, 1.807) is 4.68 Å². The molecule has 0 aromatic carbocycles. The number of carbonyl (C=O) groups is 2. The van der Waals surface area contributed by atoms with Gasteiger partial charge in [0.1, 0.15) is 0 Å². The molecule has 104 valence electrons. The number of carbonyl (C=O) groups excluding carboxylic acids is 2. The summed E-state index contributed by atoms with van der Waals surface area (Å²) in [5.74, 6) is 0.931. The van der Waals surface area contributed by atoms with Gasteiger partial charge >= 0.3 is 0 Å². The second-order valence-corrected chi connectivity index (χ2v) is 5.89. The molecule has 0 N–H and O–H groups in total. The van der Waals surface area contributed by atoms with E-state index in [1.165, 1.54) is 16.7 Å². The van der Waals surface area contributed by atoms with E-state index in [9.17, 15) is 9.59 Å². The van der Waals surface area contributed by atoms with Gasteiger partial charge in [-0.25, -0.2) is 4.68 Å². The Labute approximate surface area is 115 Å². The van der Waals surface area contributed by atoms with Gasteiger partial charge in [0.15, 0.2) is 0 Å². The SMILES string of the molecule is CC(C)Cn1nnnc1SCCN1C(=O)CCC1=O. The average molecular weight is 283 g/mol. The van der Waals surface area contributed by atoms with Crippen molar-refractivity contribution in [1.82, 2.24) is 25.1 Å². The molecule has 1 aliphatic rings. The Morgan fingerprint density at radius 3 is 2.58 bits per heavy atom. The summed E-state index contributed by atoms with van der Waals surface area (Å²) in [6.07, 6.45) is 0.684. The first-order valence-electron chi connectivity index (χ1n) is 6.30. The third-order valence-electron chi connectivity index (χ3n) is 2.74. The molecule has 2 heterocycles. The van der Waals surface area contributed by atoms with Crippen LogP contribution in [-0.2, 0) is 16.1 Å². The number of imide groups is 1. The van der Waals surface area contributed by atoms with Crippen LogP contribution in [0.2, 0.25) is 0 Å². The van der Waals surface area contributed by atoms with Gasteiger partial charge in [0.25, 0.3) is 0 Å². The van der Waals surface area contributed by atoms with Gasteiger partial charge in [-0.1, -0.05) is 25.6 Å². The lowest BCUT2D eigenvalue weighted by Gasteiger charge is -2.12. The lowest BCUT2D eigenvalue weighted by atomic mass is 10.2. The van der Waals surface area contributed by atoms with E-state index < -0.39 is 0 Å². The zero-order valence-corrected chi connectivity index (χ0v) is 11.9. The highest BCUT2D eigenvalue weighted by Crippen LogP contribution is 2.17. The fourth-order valence-corrected chi connectivity index (χ4v) is 2.67. The number of amides is 2. The molecule has 0 unspecified atom stereocenters. The van der Waals surface area contributed by atoms with Crippen LogP contribution in [0, 0.1) is 5.92 Å². The van der Waals surface area contributed by atoms with E-state index in [1.807, 2.05) is 0 Å². The van der Waals surface area contributed by atoms with Crippen LogP contribution in [0.25, 0.3) is 0 Å². The van der Waals surface area contributed by atoms with Gasteiger partial charge in [0.2, 0.25) is 17.0 Å². The lowest BCUT2D eigenvalue weighted by Crippen LogP contribution is -2.31. The molecule has 1 aromatic rings. The lowest BCUT2D eigenvalue weighted by molar-refractivity contribution is -0.137. The molecule has 19 heavy (non-hydrogen) atoms. The molecule has 0 saturated carbocycles. The molecule has 1 saturated heterocycles. The molecule has 0 aliphatic carbocycles. The highest BCUT2D eigenvalue weighted by Gasteiger charge is 2.28. The molecule has 1 aromatic heterocycles. The second-order valence-electron chi connectivity index (χ2n) is 4.82. The Morgan fingerprint density at radius 1 is 1.26 bits per heavy atom. The largest absolute Gasteiger partial charge is 0.282 e. The van der Waals surface area contributed by atoms with Crippen molar-refractivity contribution in [3.63, 3.8) is 0 Å². The fourth-order valence-electron chi connectivity index (χ4n) is 1.86. The smallest absolute Gasteiger partial charge is 0.229 e. The minimum Gasteiger partial charge on any atom is -0.282 e. The molecule has 2 amide bonds. The molecule has 7 nitrogen and oxygen atoms in total. The Balaban J connectivity index is 1.84. The van der Waals surface area contributed by atoms with Gasteiger partial charge in [-0.15, -0.1) is 5.10 Å². The number of rotatable bonds is 6. The summed E-state index contributed by atoms with van der Waals surface area (Å²) in [5, 5.41) is 12.3. The van der Waals surface area contributed by atoms with Crippen molar-refractivity contribution < 1.29 is 9.59 Å². The average Bonchev–Trinajstić information content (AvgIpc) is 2.89. The molecule has 0 atom stereocenters. The van der Waals surface area contributed by atoms with E-state index in [2.05, 4.69) is 29.4 Å². The van der Waals surface area contributed by atoms with Crippen molar-refractivity contribution >= 4 is 23.6 Å². The second kappa shape index (κ2) is 6.14. The van der Waals surface area contributed by atoms with Crippen molar-refractivity contribution in [3.8, 4) is 0 Å². The van der Waals surface area contributed by atoms with E-state index in [4.69, 9.17) is 0 Å². The molecule has 8 heteroatoms. The molecule has 0 bridgehead atoms.